The lowest BCUT2D eigenvalue weighted by Crippen LogP contribution is -2.09. The molecule has 0 aliphatic carbocycles. The Labute approximate surface area is 119 Å². The molecular formula is C14H15F4N3. The molecule has 0 spiro atoms. The standard InChI is InChI=1S/C14H15F4N3/c1-9(2)21-8-10(7-20-21)6-19-11-3-4-13(15)12(5-11)14(16,17)18/h3-5,7-9,19H,6H2,1-2H3. The van der Waals surface area contributed by atoms with Crippen LogP contribution in [0.2, 0.25) is 0 Å². The molecule has 0 aliphatic rings. The van der Waals surface area contributed by atoms with Gasteiger partial charge in [-0.3, -0.25) is 4.68 Å². The number of hydrogen-bond donors (Lipinski definition) is 1. The van der Waals surface area contributed by atoms with Gasteiger partial charge in [0.2, 0.25) is 0 Å². The van der Waals surface area contributed by atoms with Gasteiger partial charge in [0.25, 0.3) is 0 Å². The van der Waals surface area contributed by atoms with Crippen LogP contribution in [0.3, 0.4) is 0 Å². The SMILES string of the molecule is CC(C)n1cc(CNc2ccc(F)c(C(F)(F)F)c2)cn1. The third-order valence-corrected chi connectivity index (χ3v) is 2.95. The van der Waals surface area contributed by atoms with Crippen LogP contribution in [0.1, 0.15) is 31.0 Å². The van der Waals surface area contributed by atoms with Crippen molar-refractivity contribution in [2.24, 2.45) is 0 Å². The Bertz CT molecular complexity index is 617. The molecule has 2 rings (SSSR count). The lowest BCUT2D eigenvalue weighted by molar-refractivity contribution is -0.139. The first-order chi connectivity index (χ1) is 9.77. The molecule has 0 fully saturated rings. The summed E-state index contributed by atoms with van der Waals surface area (Å²) in [6.45, 7) is 4.26. The van der Waals surface area contributed by atoms with Gasteiger partial charge in [0.05, 0.1) is 11.8 Å². The van der Waals surface area contributed by atoms with Crippen LogP contribution in [0.15, 0.2) is 30.6 Å². The number of benzene rings is 1. The molecule has 0 aliphatic heterocycles. The van der Waals surface area contributed by atoms with E-state index < -0.39 is 17.6 Å². The molecule has 7 heteroatoms. The van der Waals surface area contributed by atoms with Gasteiger partial charge in [-0.2, -0.15) is 18.3 Å². The fraction of sp³-hybridized carbons (Fsp3) is 0.357. The average Bonchev–Trinajstić information content (AvgIpc) is 2.85. The van der Waals surface area contributed by atoms with Crippen LogP contribution in [0.5, 0.6) is 0 Å². The minimum absolute atomic E-state index is 0.209. The molecular weight excluding hydrogens is 286 g/mol. The Morgan fingerprint density at radius 3 is 2.57 bits per heavy atom. The quantitative estimate of drug-likeness (QED) is 0.856. The molecule has 114 valence electrons. The molecule has 0 radical (unpaired) electrons. The minimum atomic E-state index is -4.70. The molecule has 1 aromatic heterocycles. The van der Waals surface area contributed by atoms with E-state index in [0.717, 1.165) is 17.7 Å². The summed E-state index contributed by atoms with van der Waals surface area (Å²) in [7, 11) is 0. The van der Waals surface area contributed by atoms with Crippen molar-refractivity contribution in [1.82, 2.24) is 9.78 Å². The van der Waals surface area contributed by atoms with Crippen LogP contribution < -0.4 is 5.32 Å². The number of aromatic nitrogens is 2. The van der Waals surface area contributed by atoms with Gasteiger partial charge in [0, 0.05) is 30.0 Å². The Balaban J connectivity index is 2.09. The first-order valence-electron chi connectivity index (χ1n) is 6.41. The third-order valence-electron chi connectivity index (χ3n) is 2.95. The van der Waals surface area contributed by atoms with Crippen molar-refractivity contribution in [2.75, 3.05) is 5.32 Å². The predicted octanol–water partition coefficient (Wildman–Crippen LogP) is 4.23. The summed E-state index contributed by atoms with van der Waals surface area (Å²) in [6, 6.07) is 3.06. The van der Waals surface area contributed by atoms with Gasteiger partial charge in [-0.1, -0.05) is 0 Å². The molecule has 0 saturated heterocycles. The second kappa shape index (κ2) is 5.75. The van der Waals surface area contributed by atoms with E-state index in [-0.39, 0.29) is 11.7 Å². The molecule has 0 saturated carbocycles. The number of alkyl halides is 3. The maximum atomic E-state index is 13.2. The molecule has 21 heavy (non-hydrogen) atoms. The van der Waals surface area contributed by atoms with Crippen LogP contribution in [0, 0.1) is 5.82 Å². The first kappa shape index (κ1) is 15.3. The molecule has 0 bridgehead atoms. The van der Waals surface area contributed by atoms with Crippen LogP contribution in [-0.2, 0) is 12.7 Å². The van der Waals surface area contributed by atoms with E-state index >= 15 is 0 Å². The predicted molar refractivity (Wildman–Crippen MR) is 71.3 cm³/mol. The first-order valence-corrected chi connectivity index (χ1v) is 6.41. The van der Waals surface area contributed by atoms with Gasteiger partial charge < -0.3 is 5.32 Å². The Morgan fingerprint density at radius 2 is 2.00 bits per heavy atom. The van der Waals surface area contributed by atoms with Crippen molar-refractivity contribution >= 4 is 5.69 Å². The van der Waals surface area contributed by atoms with E-state index in [1.807, 2.05) is 20.0 Å². The van der Waals surface area contributed by atoms with Gasteiger partial charge in [-0.15, -0.1) is 0 Å². The molecule has 0 amide bonds. The molecule has 0 atom stereocenters. The van der Waals surface area contributed by atoms with E-state index in [2.05, 4.69) is 10.4 Å². The number of halogens is 4. The van der Waals surface area contributed by atoms with Crippen molar-refractivity contribution in [2.45, 2.75) is 32.6 Å². The second-order valence-electron chi connectivity index (χ2n) is 4.97. The summed E-state index contributed by atoms with van der Waals surface area (Å²) in [5, 5.41) is 6.97. The fourth-order valence-electron chi connectivity index (χ4n) is 1.81. The molecule has 3 nitrogen and oxygen atoms in total. The summed E-state index contributed by atoms with van der Waals surface area (Å²) in [5.41, 5.74) is -0.229. The van der Waals surface area contributed by atoms with Gasteiger partial charge in [-0.25, -0.2) is 4.39 Å². The summed E-state index contributed by atoms with van der Waals surface area (Å²) in [5.74, 6) is -1.28. The van der Waals surface area contributed by atoms with E-state index in [9.17, 15) is 17.6 Å². The maximum Gasteiger partial charge on any atom is 0.419 e. The van der Waals surface area contributed by atoms with Crippen LogP contribution in [0.4, 0.5) is 23.2 Å². The second-order valence-corrected chi connectivity index (χ2v) is 4.97. The van der Waals surface area contributed by atoms with Crippen molar-refractivity contribution in [3.05, 3.63) is 47.5 Å². The molecule has 1 aromatic carbocycles. The highest BCUT2D eigenvalue weighted by molar-refractivity contribution is 5.47. The normalized spacial score (nSPS) is 12.0. The Morgan fingerprint density at radius 1 is 1.29 bits per heavy atom. The summed E-state index contributed by atoms with van der Waals surface area (Å²) in [4.78, 5) is 0. The average molecular weight is 301 g/mol. The number of nitrogens with one attached hydrogen (secondary N) is 1. The minimum Gasteiger partial charge on any atom is -0.381 e. The van der Waals surface area contributed by atoms with E-state index in [1.165, 1.54) is 6.07 Å². The van der Waals surface area contributed by atoms with Crippen molar-refractivity contribution in [1.29, 1.82) is 0 Å². The van der Waals surface area contributed by atoms with E-state index in [4.69, 9.17) is 0 Å². The number of nitrogens with zero attached hydrogens (tertiary/aromatic N) is 2. The Hall–Kier alpha value is -2.05. The topological polar surface area (TPSA) is 29.9 Å². The van der Waals surface area contributed by atoms with E-state index in [0.29, 0.717) is 6.54 Å². The van der Waals surface area contributed by atoms with Gasteiger partial charge in [0.1, 0.15) is 5.82 Å². The molecule has 1 heterocycles. The number of rotatable bonds is 4. The zero-order chi connectivity index (χ0) is 15.6. The summed E-state index contributed by atoms with van der Waals surface area (Å²) in [6.07, 6.45) is -1.25. The largest absolute Gasteiger partial charge is 0.419 e. The van der Waals surface area contributed by atoms with Gasteiger partial charge in [0.15, 0.2) is 0 Å². The van der Waals surface area contributed by atoms with Crippen molar-refractivity contribution in [3.8, 4) is 0 Å². The smallest absolute Gasteiger partial charge is 0.381 e. The maximum absolute atomic E-state index is 13.2. The fourth-order valence-corrected chi connectivity index (χ4v) is 1.81. The zero-order valence-corrected chi connectivity index (χ0v) is 11.6. The van der Waals surface area contributed by atoms with Gasteiger partial charge in [-0.05, 0) is 32.0 Å². The third kappa shape index (κ3) is 3.74. The highest BCUT2D eigenvalue weighted by Crippen LogP contribution is 2.33. The molecule has 1 N–H and O–H groups in total. The summed E-state index contributed by atoms with van der Waals surface area (Å²) < 4.78 is 52.7. The van der Waals surface area contributed by atoms with Crippen LogP contribution in [-0.4, -0.2) is 9.78 Å². The van der Waals surface area contributed by atoms with Crippen molar-refractivity contribution < 1.29 is 17.6 Å². The van der Waals surface area contributed by atoms with Crippen LogP contribution in [0.25, 0.3) is 0 Å². The lowest BCUT2D eigenvalue weighted by Gasteiger charge is -2.11. The molecule has 2 aromatic rings. The zero-order valence-electron chi connectivity index (χ0n) is 11.6. The van der Waals surface area contributed by atoms with Crippen LogP contribution >= 0.6 is 0 Å². The lowest BCUT2D eigenvalue weighted by atomic mass is 10.1. The highest BCUT2D eigenvalue weighted by Gasteiger charge is 2.34. The van der Waals surface area contributed by atoms with Crippen molar-refractivity contribution in [3.63, 3.8) is 0 Å². The summed E-state index contributed by atoms with van der Waals surface area (Å²) >= 11 is 0. The number of anilines is 1. The highest BCUT2D eigenvalue weighted by atomic mass is 19.4. The molecule has 0 unspecified atom stereocenters. The monoisotopic (exact) mass is 301 g/mol. The Kier molecular flexibility index (Phi) is 4.20. The van der Waals surface area contributed by atoms with Gasteiger partial charge >= 0.3 is 6.18 Å². The van der Waals surface area contributed by atoms with E-state index in [1.54, 1.807) is 10.9 Å². The number of hydrogen-bond acceptors (Lipinski definition) is 2.